The molecule has 10 heteroatoms. The molecule has 0 radical (unpaired) electrons. The van der Waals surface area contributed by atoms with Crippen molar-refractivity contribution in [2.75, 3.05) is 5.32 Å². The minimum absolute atomic E-state index is 0.266. The van der Waals surface area contributed by atoms with Gasteiger partial charge in [-0.2, -0.15) is 0 Å². The van der Waals surface area contributed by atoms with E-state index in [1.165, 1.54) is 23.9 Å². The maximum absolute atomic E-state index is 12.6. The van der Waals surface area contributed by atoms with Crippen LogP contribution in [0.15, 0.2) is 41.6 Å². The minimum Gasteiger partial charge on any atom is -0.323 e. The van der Waals surface area contributed by atoms with Crippen LogP contribution in [0.1, 0.15) is 6.92 Å². The second-order valence-electron chi connectivity index (χ2n) is 5.84. The summed E-state index contributed by atoms with van der Waals surface area (Å²) in [5.41, 5.74) is 1.09. The fourth-order valence-electron chi connectivity index (χ4n) is 2.39. The van der Waals surface area contributed by atoms with Crippen LogP contribution in [0, 0.1) is 0 Å². The smallest absolute Gasteiger partial charge is 0.237 e. The second kappa shape index (κ2) is 8.93. The Morgan fingerprint density at radius 3 is 2.36 bits per heavy atom. The maximum atomic E-state index is 12.6. The largest absolute Gasteiger partial charge is 0.323 e. The van der Waals surface area contributed by atoms with E-state index in [4.69, 9.17) is 46.4 Å². The highest BCUT2D eigenvalue weighted by atomic mass is 35.5. The third kappa shape index (κ3) is 4.58. The molecule has 0 saturated carbocycles. The Balaban J connectivity index is 1.76. The SMILES string of the molecule is CC(Sc1nnc(-c2ccccc2Cl)n1C)C(=O)Nc1c(Cl)cc(Cl)cc1Cl. The number of anilines is 1. The Kier molecular flexibility index (Phi) is 6.78. The number of benzene rings is 2. The van der Waals surface area contributed by atoms with E-state index in [9.17, 15) is 4.79 Å². The van der Waals surface area contributed by atoms with Crippen molar-refractivity contribution in [3.63, 3.8) is 0 Å². The number of thioether (sulfide) groups is 1. The van der Waals surface area contributed by atoms with Gasteiger partial charge in [-0.25, -0.2) is 0 Å². The van der Waals surface area contributed by atoms with Crippen LogP contribution in [-0.4, -0.2) is 25.9 Å². The molecule has 1 heterocycles. The van der Waals surface area contributed by atoms with Gasteiger partial charge in [0.25, 0.3) is 0 Å². The van der Waals surface area contributed by atoms with Crippen molar-refractivity contribution >= 4 is 69.8 Å². The fourth-order valence-corrected chi connectivity index (χ4v) is 4.34. The van der Waals surface area contributed by atoms with Gasteiger partial charge >= 0.3 is 0 Å². The third-order valence-electron chi connectivity index (χ3n) is 3.86. The summed E-state index contributed by atoms with van der Waals surface area (Å²) in [5.74, 6) is 0.336. The van der Waals surface area contributed by atoms with Crippen LogP contribution in [0.25, 0.3) is 11.4 Å². The summed E-state index contributed by atoms with van der Waals surface area (Å²) in [5, 5.41) is 12.7. The number of aromatic nitrogens is 3. The van der Waals surface area contributed by atoms with Gasteiger partial charge in [-0.15, -0.1) is 10.2 Å². The van der Waals surface area contributed by atoms with Gasteiger partial charge in [-0.3, -0.25) is 4.79 Å². The molecule has 1 amide bonds. The highest BCUT2D eigenvalue weighted by molar-refractivity contribution is 8.00. The van der Waals surface area contributed by atoms with E-state index in [0.717, 1.165) is 5.56 Å². The summed E-state index contributed by atoms with van der Waals surface area (Å²) in [6.45, 7) is 1.75. The summed E-state index contributed by atoms with van der Waals surface area (Å²) in [6.07, 6.45) is 0. The highest BCUT2D eigenvalue weighted by Gasteiger charge is 2.21. The van der Waals surface area contributed by atoms with Crippen molar-refractivity contribution in [3.8, 4) is 11.4 Å². The Bertz CT molecular complexity index is 1020. The Morgan fingerprint density at radius 1 is 1.07 bits per heavy atom. The fraction of sp³-hybridized carbons (Fsp3) is 0.167. The first kappa shape index (κ1) is 21.3. The van der Waals surface area contributed by atoms with Gasteiger partial charge < -0.3 is 9.88 Å². The summed E-state index contributed by atoms with van der Waals surface area (Å²) >= 11 is 25.6. The second-order valence-corrected chi connectivity index (χ2v) is 8.80. The molecule has 3 aromatic rings. The number of halogens is 4. The molecule has 0 bridgehead atoms. The van der Waals surface area contributed by atoms with Crippen molar-refractivity contribution in [2.45, 2.75) is 17.3 Å². The van der Waals surface area contributed by atoms with Gasteiger partial charge in [-0.1, -0.05) is 70.3 Å². The lowest BCUT2D eigenvalue weighted by Crippen LogP contribution is -2.23. The first-order valence-corrected chi connectivity index (χ1v) is 10.4. The van der Waals surface area contributed by atoms with Crippen LogP contribution in [-0.2, 0) is 11.8 Å². The Morgan fingerprint density at radius 2 is 1.71 bits per heavy atom. The van der Waals surface area contributed by atoms with Crippen LogP contribution in [0.5, 0.6) is 0 Å². The molecule has 28 heavy (non-hydrogen) atoms. The summed E-state index contributed by atoms with van der Waals surface area (Å²) in [4.78, 5) is 12.6. The number of nitrogens with one attached hydrogen (secondary N) is 1. The van der Waals surface area contributed by atoms with Crippen LogP contribution < -0.4 is 5.32 Å². The number of nitrogens with zero attached hydrogens (tertiary/aromatic N) is 3. The topological polar surface area (TPSA) is 59.8 Å². The first-order chi connectivity index (χ1) is 13.3. The molecule has 1 aromatic heterocycles. The molecule has 1 unspecified atom stereocenters. The van der Waals surface area contributed by atoms with Gasteiger partial charge in [0.2, 0.25) is 5.91 Å². The minimum atomic E-state index is -0.482. The standard InChI is InChI=1S/C18H14Cl4N4OS/c1-9(17(27)23-15-13(21)7-10(19)8-14(15)22)28-18-25-24-16(26(18)2)11-5-3-4-6-12(11)20/h3-9H,1-2H3,(H,23,27). The van der Waals surface area contributed by atoms with Crippen LogP contribution >= 0.6 is 58.2 Å². The Hall–Kier alpha value is -1.44. The van der Waals surface area contributed by atoms with Crippen molar-refractivity contribution in [2.24, 2.45) is 7.05 Å². The van der Waals surface area contributed by atoms with Crippen molar-refractivity contribution in [1.29, 1.82) is 0 Å². The van der Waals surface area contributed by atoms with Crippen LogP contribution in [0.2, 0.25) is 20.1 Å². The molecule has 1 N–H and O–H groups in total. The number of carbonyl (C=O) groups is 1. The normalized spacial score (nSPS) is 12.1. The molecule has 146 valence electrons. The van der Waals surface area contributed by atoms with E-state index >= 15 is 0 Å². The molecule has 5 nitrogen and oxygen atoms in total. The molecule has 0 saturated heterocycles. The molecular formula is C18H14Cl4N4OS. The molecule has 0 aliphatic heterocycles. The van der Waals surface area contributed by atoms with Crippen molar-refractivity contribution in [1.82, 2.24) is 14.8 Å². The molecule has 0 aliphatic carbocycles. The van der Waals surface area contributed by atoms with Gasteiger partial charge in [0, 0.05) is 17.6 Å². The molecule has 0 aliphatic rings. The van der Waals surface area contributed by atoms with Gasteiger partial charge in [-0.05, 0) is 31.2 Å². The lowest BCUT2D eigenvalue weighted by molar-refractivity contribution is -0.115. The summed E-state index contributed by atoms with van der Waals surface area (Å²) in [6, 6.07) is 10.4. The first-order valence-electron chi connectivity index (χ1n) is 8.04. The van der Waals surface area contributed by atoms with Crippen LogP contribution in [0.4, 0.5) is 5.69 Å². The zero-order chi connectivity index (χ0) is 20.4. The van der Waals surface area contributed by atoms with E-state index in [2.05, 4.69) is 15.5 Å². The van der Waals surface area contributed by atoms with E-state index in [0.29, 0.717) is 26.7 Å². The monoisotopic (exact) mass is 474 g/mol. The zero-order valence-electron chi connectivity index (χ0n) is 14.7. The highest BCUT2D eigenvalue weighted by Crippen LogP contribution is 2.35. The number of hydrogen-bond acceptors (Lipinski definition) is 4. The lowest BCUT2D eigenvalue weighted by atomic mass is 10.2. The predicted octanol–water partition coefficient (Wildman–Crippen LogP) is 6.22. The predicted molar refractivity (Wildman–Crippen MR) is 117 cm³/mol. The van der Waals surface area contributed by atoms with Gasteiger partial charge in [0.1, 0.15) is 0 Å². The van der Waals surface area contributed by atoms with Gasteiger partial charge in [0.05, 0.1) is 26.0 Å². The Labute approximate surface area is 186 Å². The lowest BCUT2D eigenvalue weighted by Gasteiger charge is -2.14. The summed E-state index contributed by atoms with van der Waals surface area (Å²) in [7, 11) is 1.82. The van der Waals surface area contributed by atoms with Gasteiger partial charge in [0.15, 0.2) is 11.0 Å². The van der Waals surface area contributed by atoms with E-state index in [1.54, 1.807) is 17.6 Å². The zero-order valence-corrected chi connectivity index (χ0v) is 18.6. The average Bonchev–Trinajstić information content (AvgIpc) is 2.98. The maximum Gasteiger partial charge on any atom is 0.237 e. The molecule has 2 aromatic carbocycles. The number of carbonyl (C=O) groups excluding carboxylic acids is 1. The molecule has 3 rings (SSSR count). The molecule has 1 atom stereocenters. The summed E-state index contributed by atoms with van der Waals surface area (Å²) < 4.78 is 1.79. The van der Waals surface area contributed by atoms with E-state index in [1.807, 2.05) is 25.2 Å². The van der Waals surface area contributed by atoms with E-state index < -0.39 is 5.25 Å². The third-order valence-corrected chi connectivity index (χ3v) is 6.13. The average molecular weight is 476 g/mol. The molecule has 0 fully saturated rings. The molecule has 0 spiro atoms. The van der Waals surface area contributed by atoms with E-state index in [-0.39, 0.29) is 16.0 Å². The quantitative estimate of drug-likeness (QED) is 0.445. The van der Waals surface area contributed by atoms with Crippen molar-refractivity contribution < 1.29 is 4.79 Å². The van der Waals surface area contributed by atoms with Crippen LogP contribution in [0.3, 0.4) is 0 Å². The number of rotatable bonds is 5. The molecular weight excluding hydrogens is 462 g/mol. The van der Waals surface area contributed by atoms with Crippen molar-refractivity contribution in [3.05, 3.63) is 56.5 Å². The number of amides is 1. The number of hydrogen-bond donors (Lipinski definition) is 1.